The molecule has 2 heterocycles. The summed E-state index contributed by atoms with van der Waals surface area (Å²) in [6.07, 6.45) is 24.3. The Morgan fingerprint density at radius 2 is 0.973 bits per heavy atom. The van der Waals surface area contributed by atoms with Gasteiger partial charge in [-0.25, -0.2) is 0 Å². The van der Waals surface area contributed by atoms with Gasteiger partial charge in [0.05, 0.1) is 19.8 Å². The maximum Gasteiger partial charge on any atom is 0.171 e. The van der Waals surface area contributed by atoms with Gasteiger partial charge in [0.15, 0.2) is 5.79 Å². The molecule has 2 fully saturated rings. The zero-order valence-corrected chi connectivity index (χ0v) is 26.2. The third-order valence-corrected chi connectivity index (χ3v) is 9.18. The van der Waals surface area contributed by atoms with Crippen LogP contribution < -0.4 is 0 Å². The lowest BCUT2D eigenvalue weighted by molar-refractivity contribution is -0.342. The number of unbranched alkanes of at least 4 members (excludes halogenated alkanes) is 15. The van der Waals surface area contributed by atoms with Crippen molar-refractivity contribution in [1.29, 1.82) is 0 Å². The highest BCUT2D eigenvalue weighted by molar-refractivity contribution is 5.04. The van der Waals surface area contributed by atoms with Gasteiger partial charge in [0.1, 0.15) is 0 Å². The van der Waals surface area contributed by atoms with Crippen LogP contribution in [-0.2, 0) is 14.2 Å². The first-order chi connectivity index (χ1) is 17.5. The number of rotatable bonds is 19. The number of hydrogen-bond donors (Lipinski definition) is 0. The lowest BCUT2D eigenvalue weighted by Crippen LogP contribution is -2.67. The van der Waals surface area contributed by atoms with Crippen molar-refractivity contribution in [3.8, 4) is 0 Å². The molecule has 0 aliphatic carbocycles. The molecule has 0 amide bonds. The minimum absolute atomic E-state index is 0.0437. The zero-order chi connectivity index (χ0) is 27.3. The Balaban J connectivity index is 1.43. The fourth-order valence-electron chi connectivity index (χ4n) is 6.49. The van der Waals surface area contributed by atoms with Gasteiger partial charge in [-0.1, -0.05) is 110 Å². The molecule has 37 heavy (non-hydrogen) atoms. The van der Waals surface area contributed by atoms with Gasteiger partial charge in [-0.3, -0.25) is 4.90 Å². The standard InChI is InChI=1S/C33H65NO3/c1-8-9-10-11-12-13-14-15-16-17-18-19-20-21-22-23-24-35-27-32(6)28-36-33(37-29-32)25-30(2,3)34(7)31(4,5)26-33/h8-29H2,1-7H3. The van der Waals surface area contributed by atoms with Crippen molar-refractivity contribution >= 4 is 0 Å². The first-order valence-electron chi connectivity index (χ1n) is 16.1. The smallest absolute Gasteiger partial charge is 0.171 e. The number of likely N-dealkylation sites (tertiary alicyclic amines) is 1. The van der Waals surface area contributed by atoms with Gasteiger partial charge in [0.2, 0.25) is 0 Å². The summed E-state index contributed by atoms with van der Waals surface area (Å²) < 4.78 is 19.1. The predicted octanol–water partition coefficient (Wildman–Crippen LogP) is 9.30. The Kier molecular flexibility index (Phi) is 14.5. The molecule has 0 atom stereocenters. The van der Waals surface area contributed by atoms with Crippen molar-refractivity contribution < 1.29 is 14.2 Å². The van der Waals surface area contributed by atoms with E-state index in [1.807, 2.05) is 0 Å². The molecule has 220 valence electrons. The van der Waals surface area contributed by atoms with E-state index in [0.29, 0.717) is 0 Å². The fraction of sp³-hybridized carbons (Fsp3) is 1.00. The molecule has 0 aromatic rings. The van der Waals surface area contributed by atoms with Gasteiger partial charge in [0, 0.05) is 35.9 Å². The SMILES string of the molecule is CCCCCCCCCCCCCCCCCCOCC1(C)COC2(CC(C)(C)N(C)C(C)(C)C2)OC1. The molecular weight excluding hydrogens is 458 g/mol. The van der Waals surface area contributed by atoms with Crippen molar-refractivity contribution in [3.05, 3.63) is 0 Å². The van der Waals surface area contributed by atoms with Gasteiger partial charge in [-0.15, -0.1) is 0 Å². The molecule has 0 bridgehead atoms. The number of ether oxygens (including phenoxy) is 3. The van der Waals surface area contributed by atoms with Crippen molar-refractivity contribution in [2.75, 3.05) is 33.5 Å². The summed E-state index contributed by atoms with van der Waals surface area (Å²) in [5.41, 5.74) is 0.0659. The van der Waals surface area contributed by atoms with Crippen molar-refractivity contribution in [2.45, 2.75) is 174 Å². The van der Waals surface area contributed by atoms with E-state index in [1.165, 1.54) is 103 Å². The second-order valence-electron chi connectivity index (χ2n) is 14.2. The summed E-state index contributed by atoms with van der Waals surface area (Å²) in [5.74, 6) is -0.451. The molecule has 2 saturated heterocycles. The molecule has 0 radical (unpaired) electrons. The van der Waals surface area contributed by atoms with E-state index < -0.39 is 5.79 Å². The topological polar surface area (TPSA) is 30.9 Å². The van der Waals surface area contributed by atoms with Crippen molar-refractivity contribution in [3.63, 3.8) is 0 Å². The molecule has 4 nitrogen and oxygen atoms in total. The quantitative estimate of drug-likeness (QED) is 0.158. The molecule has 0 aromatic heterocycles. The minimum Gasteiger partial charge on any atom is -0.381 e. The maximum atomic E-state index is 6.50. The number of nitrogens with zero attached hydrogens (tertiary/aromatic N) is 1. The Hall–Kier alpha value is -0.160. The van der Waals surface area contributed by atoms with Crippen molar-refractivity contribution in [1.82, 2.24) is 4.90 Å². The molecular formula is C33H65NO3. The molecule has 0 aromatic carbocycles. The number of piperidine rings is 1. The van der Waals surface area contributed by atoms with E-state index in [9.17, 15) is 0 Å². The minimum atomic E-state index is -0.451. The zero-order valence-electron chi connectivity index (χ0n) is 26.2. The molecule has 2 aliphatic rings. The van der Waals surface area contributed by atoms with Crippen LogP contribution in [0, 0.1) is 5.41 Å². The summed E-state index contributed by atoms with van der Waals surface area (Å²) >= 11 is 0. The second-order valence-corrected chi connectivity index (χ2v) is 14.2. The summed E-state index contributed by atoms with van der Waals surface area (Å²) in [6.45, 7) is 16.8. The maximum absolute atomic E-state index is 6.50. The summed E-state index contributed by atoms with van der Waals surface area (Å²) in [6, 6.07) is 0. The molecule has 2 rings (SSSR count). The van der Waals surface area contributed by atoms with Crippen LogP contribution in [0.4, 0.5) is 0 Å². The molecule has 4 heteroatoms. The Morgan fingerprint density at radius 1 is 0.595 bits per heavy atom. The Labute approximate surface area is 232 Å². The Bertz CT molecular complexity index is 574. The molecule has 0 saturated carbocycles. The lowest BCUT2D eigenvalue weighted by atomic mass is 9.75. The molecule has 0 unspecified atom stereocenters. The van der Waals surface area contributed by atoms with Crippen LogP contribution >= 0.6 is 0 Å². The first-order valence-corrected chi connectivity index (χ1v) is 16.1. The first kappa shape index (κ1) is 33.0. The van der Waals surface area contributed by atoms with Crippen LogP contribution in [-0.4, -0.2) is 55.2 Å². The van der Waals surface area contributed by atoms with Crippen LogP contribution in [0.15, 0.2) is 0 Å². The van der Waals surface area contributed by atoms with Crippen molar-refractivity contribution in [2.24, 2.45) is 5.41 Å². The van der Waals surface area contributed by atoms with E-state index in [4.69, 9.17) is 14.2 Å². The average molecular weight is 524 g/mol. The second kappa shape index (κ2) is 16.2. The molecule has 1 spiro atoms. The monoisotopic (exact) mass is 523 g/mol. The summed E-state index contributed by atoms with van der Waals surface area (Å²) in [7, 11) is 2.23. The highest BCUT2D eigenvalue weighted by atomic mass is 16.7. The highest BCUT2D eigenvalue weighted by Crippen LogP contribution is 2.47. The van der Waals surface area contributed by atoms with E-state index in [1.54, 1.807) is 0 Å². The predicted molar refractivity (Wildman–Crippen MR) is 158 cm³/mol. The third-order valence-electron chi connectivity index (χ3n) is 9.18. The average Bonchev–Trinajstić information content (AvgIpc) is 2.84. The molecule has 0 N–H and O–H groups in total. The van der Waals surface area contributed by atoms with Crippen LogP contribution in [0.25, 0.3) is 0 Å². The fourth-order valence-corrected chi connectivity index (χ4v) is 6.49. The van der Waals surface area contributed by atoms with Gasteiger partial charge >= 0.3 is 0 Å². The van der Waals surface area contributed by atoms with Gasteiger partial charge in [-0.05, 0) is 41.2 Å². The lowest BCUT2D eigenvalue weighted by Gasteiger charge is -2.59. The van der Waals surface area contributed by atoms with E-state index in [2.05, 4.69) is 53.5 Å². The third kappa shape index (κ3) is 11.9. The highest BCUT2D eigenvalue weighted by Gasteiger charge is 2.55. The van der Waals surface area contributed by atoms with Gasteiger partial charge in [-0.2, -0.15) is 0 Å². The van der Waals surface area contributed by atoms with Gasteiger partial charge in [0.25, 0.3) is 0 Å². The van der Waals surface area contributed by atoms with E-state index in [-0.39, 0.29) is 16.5 Å². The van der Waals surface area contributed by atoms with Crippen LogP contribution in [0.5, 0.6) is 0 Å². The van der Waals surface area contributed by atoms with Crippen LogP contribution in [0.1, 0.15) is 157 Å². The normalized spacial score (nSPS) is 22.5. The Morgan fingerprint density at radius 3 is 1.38 bits per heavy atom. The van der Waals surface area contributed by atoms with E-state index >= 15 is 0 Å². The van der Waals surface area contributed by atoms with Crippen LogP contribution in [0.3, 0.4) is 0 Å². The molecule has 2 aliphatic heterocycles. The van der Waals surface area contributed by atoms with Gasteiger partial charge < -0.3 is 14.2 Å². The number of hydrogen-bond acceptors (Lipinski definition) is 4. The van der Waals surface area contributed by atoms with Crippen LogP contribution in [0.2, 0.25) is 0 Å². The summed E-state index contributed by atoms with van der Waals surface area (Å²) in [4.78, 5) is 2.48. The van der Waals surface area contributed by atoms with E-state index in [0.717, 1.165) is 39.3 Å². The summed E-state index contributed by atoms with van der Waals surface area (Å²) in [5, 5.41) is 0. The largest absolute Gasteiger partial charge is 0.381 e.